The lowest BCUT2D eigenvalue weighted by atomic mass is 9.80. The Morgan fingerprint density at radius 2 is 2.17 bits per heavy atom. The maximum atomic E-state index is 12.2. The molecule has 3 unspecified atom stereocenters. The summed E-state index contributed by atoms with van der Waals surface area (Å²) in [5, 5.41) is 9.69. The van der Waals surface area contributed by atoms with Crippen LogP contribution in [0.3, 0.4) is 0 Å². The van der Waals surface area contributed by atoms with Crippen LogP contribution in [0, 0.1) is 18.8 Å². The molecule has 1 amide bonds. The number of hydrogen-bond donors (Lipinski definition) is 3. The maximum absolute atomic E-state index is 12.2. The van der Waals surface area contributed by atoms with Crippen LogP contribution in [0.4, 0.5) is 5.82 Å². The number of nitrogens with one attached hydrogen (secondary N) is 2. The third-order valence-corrected chi connectivity index (χ3v) is 3.95. The molecule has 0 aromatic carbocycles. The van der Waals surface area contributed by atoms with Gasteiger partial charge in [-0.1, -0.05) is 13.8 Å². The van der Waals surface area contributed by atoms with Gasteiger partial charge in [0.05, 0.1) is 0 Å². The first-order valence-electron chi connectivity index (χ1n) is 6.60. The van der Waals surface area contributed by atoms with E-state index in [4.69, 9.17) is 5.73 Å². The highest BCUT2D eigenvalue weighted by atomic mass is 16.1. The van der Waals surface area contributed by atoms with Crippen LogP contribution in [0.5, 0.6) is 0 Å². The van der Waals surface area contributed by atoms with Crippen molar-refractivity contribution in [1.29, 1.82) is 0 Å². The number of aromatic amines is 1. The summed E-state index contributed by atoms with van der Waals surface area (Å²) >= 11 is 0. The second-order valence-corrected chi connectivity index (χ2v) is 5.58. The molecule has 1 aromatic heterocycles. The number of anilines is 1. The van der Waals surface area contributed by atoms with Crippen LogP contribution in [-0.2, 0) is 0 Å². The van der Waals surface area contributed by atoms with Gasteiger partial charge in [-0.2, -0.15) is 5.10 Å². The van der Waals surface area contributed by atoms with E-state index in [1.54, 1.807) is 0 Å². The molecule has 0 radical (unpaired) electrons. The van der Waals surface area contributed by atoms with Crippen LogP contribution in [0.2, 0.25) is 0 Å². The van der Waals surface area contributed by atoms with E-state index < -0.39 is 0 Å². The smallest absolute Gasteiger partial charge is 0.257 e. The molecule has 3 atom stereocenters. The standard InChI is InChI=1S/C13H22N4O/c1-7-4-5-10(8(2)6-7)15-13(18)11-9(3)16-17-12(11)14/h7-8,10H,4-6H2,1-3H3,(H,15,18)(H3,14,16,17). The van der Waals surface area contributed by atoms with E-state index in [0.29, 0.717) is 11.5 Å². The monoisotopic (exact) mass is 250 g/mol. The molecule has 100 valence electrons. The van der Waals surface area contributed by atoms with Crippen LogP contribution >= 0.6 is 0 Å². The average Bonchev–Trinajstić information content (AvgIpc) is 2.62. The Bertz CT molecular complexity index is 421. The van der Waals surface area contributed by atoms with Crippen molar-refractivity contribution in [2.45, 2.75) is 46.1 Å². The summed E-state index contributed by atoms with van der Waals surface area (Å²) in [6.45, 7) is 6.28. The normalized spacial score (nSPS) is 28.1. The molecule has 1 aromatic rings. The molecule has 0 spiro atoms. The third kappa shape index (κ3) is 2.49. The summed E-state index contributed by atoms with van der Waals surface area (Å²) in [5.41, 5.74) is 6.91. The van der Waals surface area contributed by atoms with Crippen LogP contribution in [0.1, 0.15) is 49.2 Å². The van der Waals surface area contributed by atoms with Gasteiger partial charge in [-0.3, -0.25) is 9.89 Å². The van der Waals surface area contributed by atoms with Crippen LogP contribution in [0.25, 0.3) is 0 Å². The quantitative estimate of drug-likeness (QED) is 0.749. The van der Waals surface area contributed by atoms with Crippen molar-refractivity contribution in [3.05, 3.63) is 11.3 Å². The Hall–Kier alpha value is -1.52. The molecule has 0 saturated heterocycles. The number of carbonyl (C=O) groups excluding carboxylic acids is 1. The van der Waals surface area contributed by atoms with Gasteiger partial charge in [0.1, 0.15) is 5.56 Å². The third-order valence-electron chi connectivity index (χ3n) is 3.95. The highest BCUT2D eigenvalue weighted by Gasteiger charge is 2.28. The Morgan fingerprint density at radius 3 is 2.72 bits per heavy atom. The second-order valence-electron chi connectivity index (χ2n) is 5.58. The van der Waals surface area contributed by atoms with Crippen molar-refractivity contribution in [2.24, 2.45) is 11.8 Å². The molecule has 0 aliphatic heterocycles. The number of nitrogen functional groups attached to an aromatic ring is 1. The zero-order valence-corrected chi connectivity index (χ0v) is 11.3. The molecule has 5 nitrogen and oxygen atoms in total. The Labute approximate surface area is 108 Å². The summed E-state index contributed by atoms with van der Waals surface area (Å²) < 4.78 is 0. The summed E-state index contributed by atoms with van der Waals surface area (Å²) in [7, 11) is 0. The van der Waals surface area contributed by atoms with Crippen LogP contribution in [0.15, 0.2) is 0 Å². The molecule has 18 heavy (non-hydrogen) atoms. The molecule has 1 aliphatic carbocycles. The molecule has 4 N–H and O–H groups in total. The summed E-state index contributed by atoms with van der Waals surface area (Å²) in [5.74, 6) is 1.45. The van der Waals surface area contributed by atoms with Gasteiger partial charge >= 0.3 is 0 Å². The largest absolute Gasteiger partial charge is 0.382 e. The molecule has 1 saturated carbocycles. The van der Waals surface area contributed by atoms with Crippen molar-refractivity contribution < 1.29 is 4.79 Å². The Kier molecular flexibility index (Phi) is 3.59. The predicted octanol–water partition coefficient (Wildman–Crippen LogP) is 1.85. The number of nitrogens with zero attached hydrogens (tertiary/aromatic N) is 1. The van der Waals surface area contributed by atoms with E-state index in [1.165, 1.54) is 12.8 Å². The minimum atomic E-state index is -0.106. The summed E-state index contributed by atoms with van der Waals surface area (Å²) in [4.78, 5) is 12.2. The fraction of sp³-hybridized carbons (Fsp3) is 0.692. The molecule has 2 rings (SSSR count). The number of amides is 1. The van der Waals surface area contributed by atoms with Gasteiger partial charge in [-0.25, -0.2) is 0 Å². The van der Waals surface area contributed by atoms with E-state index in [2.05, 4.69) is 29.4 Å². The van der Waals surface area contributed by atoms with Crippen molar-refractivity contribution >= 4 is 11.7 Å². The van der Waals surface area contributed by atoms with E-state index in [1.807, 2.05) is 6.92 Å². The zero-order chi connectivity index (χ0) is 13.3. The number of aromatic nitrogens is 2. The fourth-order valence-corrected chi connectivity index (χ4v) is 2.85. The number of nitrogens with two attached hydrogens (primary N) is 1. The lowest BCUT2D eigenvalue weighted by Crippen LogP contribution is -2.42. The SMILES string of the molecule is Cc1[nH]nc(N)c1C(=O)NC1CCC(C)CC1C. The van der Waals surface area contributed by atoms with Crippen molar-refractivity contribution in [2.75, 3.05) is 5.73 Å². The van der Waals surface area contributed by atoms with Gasteiger partial charge in [0, 0.05) is 11.7 Å². The lowest BCUT2D eigenvalue weighted by Gasteiger charge is -2.33. The highest BCUT2D eigenvalue weighted by molar-refractivity contribution is 5.99. The van der Waals surface area contributed by atoms with Gasteiger partial charge in [-0.15, -0.1) is 0 Å². The van der Waals surface area contributed by atoms with E-state index in [9.17, 15) is 4.79 Å². The molecule has 5 heteroatoms. The van der Waals surface area contributed by atoms with Crippen LogP contribution in [-0.4, -0.2) is 22.1 Å². The molecule has 1 fully saturated rings. The molecular weight excluding hydrogens is 228 g/mol. The van der Waals surface area contributed by atoms with Gasteiger partial charge in [-0.05, 0) is 38.0 Å². The van der Waals surface area contributed by atoms with Gasteiger partial charge in [0.2, 0.25) is 0 Å². The van der Waals surface area contributed by atoms with Crippen molar-refractivity contribution in [3.63, 3.8) is 0 Å². The number of H-pyrrole nitrogens is 1. The summed E-state index contributed by atoms with van der Waals surface area (Å²) in [6, 6.07) is 0.252. The molecule has 1 aliphatic rings. The minimum Gasteiger partial charge on any atom is -0.382 e. The van der Waals surface area contributed by atoms with E-state index in [-0.39, 0.29) is 17.8 Å². The van der Waals surface area contributed by atoms with E-state index >= 15 is 0 Å². The predicted molar refractivity (Wildman–Crippen MR) is 71.2 cm³/mol. The van der Waals surface area contributed by atoms with Crippen molar-refractivity contribution in [1.82, 2.24) is 15.5 Å². The second kappa shape index (κ2) is 5.00. The molecule has 1 heterocycles. The van der Waals surface area contributed by atoms with Gasteiger partial charge in [0.25, 0.3) is 5.91 Å². The van der Waals surface area contributed by atoms with Gasteiger partial charge < -0.3 is 11.1 Å². The first kappa shape index (κ1) is 12.9. The fourth-order valence-electron chi connectivity index (χ4n) is 2.85. The van der Waals surface area contributed by atoms with Crippen LogP contribution < -0.4 is 11.1 Å². The number of carbonyl (C=O) groups is 1. The number of aryl methyl sites for hydroxylation is 1. The van der Waals surface area contributed by atoms with Gasteiger partial charge in [0.15, 0.2) is 5.82 Å². The topological polar surface area (TPSA) is 83.8 Å². The number of hydrogen-bond acceptors (Lipinski definition) is 3. The Morgan fingerprint density at radius 1 is 1.44 bits per heavy atom. The summed E-state index contributed by atoms with van der Waals surface area (Å²) in [6.07, 6.45) is 3.39. The minimum absolute atomic E-state index is 0.106. The van der Waals surface area contributed by atoms with E-state index in [0.717, 1.165) is 18.0 Å². The lowest BCUT2D eigenvalue weighted by molar-refractivity contribution is 0.0900. The average molecular weight is 250 g/mol. The highest BCUT2D eigenvalue weighted by Crippen LogP contribution is 2.29. The molecular formula is C13H22N4O. The maximum Gasteiger partial charge on any atom is 0.257 e. The molecule has 0 bridgehead atoms. The first-order chi connectivity index (χ1) is 8.49. The number of rotatable bonds is 2. The Balaban J connectivity index is 2.04. The first-order valence-corrected chi connectivity index (χ1v) is 6.60. The zero-order valence-electron chi connectivity index (χ0n) is 11.3. The van der Waals surface area contributed by atoms with Crippen molar-refractivity contribution in [3.8, 4) is 0 Å².